The average molecular weight is 342 g/mol. The number of nitrogens with zero attached hydrogens (tertiary/aromatic N) is 2. The minimum Gasteiger partial charge on any atom is -0.428 e. The summed E-state index contributed by atoms with van der Waals surface area (Å²) in [6.07, 6.45) is -4.47. The van der Waals surface area contributed by atoms with Gasteiger partial charge in [0, 0.05) is 12.7 Å². The average Bonchev–Trinajstić information content (AvgIpc) is 2.84. The van der Waals surface area contributed by atoms with Crippen LogP contribution in [0, 0.1) is 6.92 Å². The number of carbonyl (C=O) groups excluding carboxylic acids is 1. The van der Waals surface area contributed by atoms with Crippen molar-refractivity contribution in [2.45, 2.75) is 19.5 Å². The third kappa shape index (κ3) is 4.01. The number of hydrogen-bond acceptors (Lipinski definition) is 3. The second-order valence-corrected chi connectivity index (χ2v) is 5.00. The van der Waals surface area contributed by atoms with E-state index in [1.165, 1.54) is 30.5 Å². The summed E-state index contributed by atoms with van der Waals surface area (Å²) in [6, 6.07) is 5.14. The summed E-state index contributed by atoms with van der Waals surface area (Å²) >= 11 is 0. The Bertz CT molecular complexity index is 769. The number of ether oxygens (including phenoxy) is 1. The van der Waals surface area contributed by atoms with Crippen molar-refractivity contribution in [3.05, 3.63) is 53.4 Å². The maximum Gasteiger partial charge on any atom is 0.461 e. The van der Waals surface area contributed by atoms with Gasteiger partial charge < -0.3 is 4.74 Å². The molecule has 0 atom stereocenters. The smallest absolute Gasteiger partial charge is 0.428 e. The summed E-state index contributed by atoms with van der Waals surface area (Å²) in [6.45, 7) is 1.73. The molecule has 0 spiro atoms. The van der Waals surface area contributed by atoms with Crippen molar-refractivity contribution in [2.24, 2.45) is 7.05 Å². The van der Waals surface area contributed by atoms with Crippen molar-refractivity contribution in [3.8, 4) is 5.75 Å². The van der Waals surface area contributed by atoms with Gasteiger partial charge in [-0.25, -0.2) is 0 Å². The fourth-order valence-corrected chi connectivity index (χ4v) is 1.89. The van der Waals surface area contributed by atoms with E-state index in [9.17, 15) is 22.4 Å². The van der Waals surface area contributed by atoms with Crippen LogP contribution in [0.3, 0.4) is 0 Å². The maximum absolute atomic E-state index is 12.9. The third-order valence-electron chi connectivity index (χ3n) is 3.29. The van der Waals surface area contributed by atoms with Gasteiger partial charge in [-0.05, 0) is 30.7 Å². The van der Waals surface area contributed by atoms with Crippen LogP contribution in [0.4, 0.5) is 17.6 Å². The van der Waals surface area contributed by atoms with Gasteiger partial charge in [-0.15, -0.1) is 0 Å². The lowest BCUT2D eigenvalue weighted by molar-refractivity contribution is -0.253. The highest BCUT2D eigenvalue weighted by molar-refractivity contribution is 6.07. The Balaban J connectivity index is 2.14. The number of ketones is 1. The highest BCUT2D eigenvalue weighted by Crippen LogP contribution is 2.28. The lowest BCUT2D eigenvalue weighted by atomic mass is 10.1. The van der Waals surface area contributed by atoms with E-state index in [0.717, 1.165) is 12.1 Å². The van der Waals surface area contributed by atoms with Crippen molar-refractivity contribution in [1.82, 2.24) is 9.78 Å². The Hall–Kier alpha value is -2.64. The van der Waals surface area contributed by atoms with Crippen LogP contribution in [0.15, 0.2) is 36.5 Å². The molecule has 0 saturated carbocycles. The first kappa shape index (κ1) is 17.7. The first-order valence-electron chi connectivity index (χ1n) is 6.87. The fraction of sp³-hybridized carbons (Fsp3) is 0.250. The molecule has 1 aromatic heterocycles. The van der Waals surface area contributed by atoms with Crippen LogP contribution in [0.2, 0.25) is 0 Å². The molecule has 0 aliphatic rings. The van der Waals surface area contributed by atoms with Gasteiger partial charge in [0.05, 0.1) is 11.8 Å². The molecular weight excluding hydrogens is 328 g/mol. The zero-order valence-corrected chi connectivity index (χ0v) is 12.8. The zero-order chi connectivity index (χ0) is 17.9. The van der Waals surface area contributed by atoms with Crippen molar-refractivity contribution < 1.29 is 27.1 Å². The Morgan fingerprint density at radius 2 is 2.08 bits per heavy atom. The van der Waals surface area contributed by atoms with Crippen molar-refractivity contribution in [1.29, 1.82) is 0 Å². The Kier molecular flexibility index (Phi) is 5.06. The van der Waals surface area contributed by atoms with Crippen LogP contribution < -0.4 is 4.74 Å². The van der Waals surface area contributed by atoms with Gasteiger partial charge in [0.2, 0.25) is 0 Å². The summed E-state index contributed by atoms with van der Waals surface area (Å²) in [7, 11) is 1.69. The molecule has 4 nitrogen and oxygen atoms in total. The molecule has 0 saturated heterocycles. The summed E-state index contributed by atoms with van der Waals surface area (Å²) in [4.78, 5) is 12.1. The Labute approximate surface area is 135 Å². The molecule has 0 N–H and O–H groups in total. The zero-order valence-electron chi connectivity index (χ0n) is 12.8. The molecular formula is C16H14F4N2O2. The van der Waals surface area contributed by atoms with Gasteiger partial charge in [0.1, 0.15) is 5.75 Å². The van der Waals surface area contributed by atoms with Gasteiger partial charge in [-0.1, -0.05) is 18.2 Å². The minimum absolute atomic E-state index is 0.315. The van der Waals surface area contributed by atoms with Gasteiger partial charge in [0.25, 0.3) is 0 Å². The number of allylic oxidation sites excluding steroid dienone is 1. The quantitative estimate of drug-likeness (QED) is 0.455. The highest BCUT2D eigenvalue weighted by Gasteiger charge is 2.43. The molecule has 8 heteroatoms. The summed E-state index contributed by atoms with van der Waals surface area (Å²) in [5.41, 5.74) is 1.44. The van der Waals surface area contributed by atoms with Crippen LogP contribution in [0.5, 0.6) is 5.75 Å². The number of benzene rings is 1. The second kappa shape index (κ2) is 6.86. The van der Waals surface area contributed by atoms with E-state index in [-0.39, 0.29) is 5.78 Å². The van der Waals surface area contributed by atoms with E-state index in [2.05, 4.69) is 9.84 Å². The number of rotatable bonds is 6. The van der Waals surface area contributed by atoms with E-state index >= 15 is 0 Å². The molecule has 2 aromatic rings. The molecule has 128 valence electrons. The van der Waals surface area contributed by atoms with Crippen LogP contribution in [-0.2, 0) is 7.05 Å². The monoisotopic (exact) mass is 342 g/mol. The SMILES string of the molecule is Cc1c(C(=O)/C=C/c2cccc(OC(F)(F)C(F)F)c2)cnn1C. The molecule has 0 unspecified atom stereocenters. The van der Waals surface area contributed by atoms with Gasteiger partial charge >= 0.3 is 12.5 Å². The van der Waals surface area contributed by atoms with Crippen molar-refractivity contribution in [3.63, 3.8) is 0 Å². The number of alkyl halides is 4. The minimum atomic E-state index is -4.58. The molecule has 0 fully saturated rings. The van der Waals surface area contributed by atoms with Gasteiger partial charge in [0.15, 0.2) is 5.78 Å². The van der Waals surface area contributed by atoms with Crippen LogP contribution >= 0.6 is 0 Å². The molecule has 0 aliphatic carbocycles. The fourth-order valence-electron chi connectivity index (χ4n) is 1.89. The van der Waals surface area contributed by atoms with E-state index in [4.69, 9.17) is 0 Å². The maximum atomic E-state index is 12.9. The number of aryl methyl sites for hydroxylation is 1. The van der Waals surface area contributed by atoms with Crippen LogP contribution in [0.1, 0.15) is 21.6 Å². The summed E-state index contributed by atoms with van der Waals surface area (Å²) < 4.78 is 55.6. The molecule has 0 bridgehead atoms. The van der Waals surface area contributed by atoms with Gasteiger partial charge in [-0.2, -0.15) is 22.7 Å². The normalized spacial score (nSPS) is 12.1. The summed E-state index contributed by atoms with van der Waals surface area (Å²) in [5, 5.41) is 3.95. The van der Waals surface area contributed by atoms with Crippen molar-refractivity contribution >= 4 is 11.9 Å². The molecule has 1 aromatic carbocycles. The summed E-state index contributed by atoms with van der Waals surface area (Å²) in [5.74, 6) is -0.739. The van der Waals surface area contributed by atoms with E-state index < -0.39 is 18.3 Å². The Morgan fingerprint density at radius 3 is 2.67 bits per heavy atom. The van der Waals surface area contributed by atoms with Crippen molar-refractivity contribution in [2.75, 3.05) is 0 Å². The van der Waals surface area contributed by atoms with E-state index in [1.807, 2.05) is 0 Å². The largest absolute Gasteiger partial charge is 0.461 e. The van der Waals surface area contributed by atoms with E-state index in [0.29, 0.717) is 16.8 Å². The number of aromatic nitrogens is 2. The topological polar surface area (TPSA) is 44.1 Å². The molecule has 24 heavy (non-hydrogen) atoms. The predicted molar refractivity (Wildman–Crippen MR) is 79.3 cm³/mol. The molecule has 1 heterocycles. The lowest BCUT2D eigenvalue weighted by Gasteiger charge is -2.16. The predicted octanol–water partition coefficient (Wildman–Crippen LogP) is 3.86. The highest BCUT2D eigenvalue weighted by atomic mass is 19.3. The standard InChI is InChI=1S/C16H14F4N2O2/c1-10-13(9-21-22(10)2)14(23)7-6-11-4-3-5-12(8-11)24-16(19,20)15(17)18/h3-9,15H,1-2H3/b7-6+. The van der Waals surface area contributed by atoms with Crippen LogP contribution in [0.25, 0.3) is 6.08 Å². The third-order valence-corrected chi connectivity index (χ3v) is 3.29. The van der Waals surface area contributed by atoms with E-state index in [1.54, 1.807) is 18.7 Å². The number of halogens is 4. The molecule has 0 radical (unpaired) electrons. The lowest BCUT2D eigenvalue weighted by Crippen LogP contribution is -2.33. The second-order valence-electron chi connectivity index (χ2n) is 5.00. The Morgan fingerprint density at radius 1 is 1.38 bits per heavy atom. The number of carbonyl (C=O) groups is 1. The first-order chi connectivity index (χ1) is 11.2. The molecule has 0 aliphatic heterocycles. The first-order valence-corrected chi connectivity index (χ1v) is 6.87. The molecule has 0 amide bonds. The number of hydrogen-bond donors (Lipinski definition) is 0. The van der Waals surface area contributed by atoms with Crippen LogP contribution in [-0.4, -0.2) is 28.1 Å². The molecule has 2 rings (SSSR count). The van der Waals surface area contributed by atoms with Gasteiger partial charge in [-0.3, -0.25) is 9.48 Å².